The van der Waals surface area contributed by atoms with Gasteiger partial charge >= 0.3 is 0 Å². The van der Waals surface area contributed by atoms with Crippen molar-refractivity contribution in [3.05, 3.63) is 94.5 Å². The van der Waals surface area contributed by atoms with Crippen LogP contribution in [0.5, 0.6) is 0 Å². The number of hydrogen-bond donors (Lipinski definition) is 2. The molecular formula is C24H22ClN3O. The monoisotopic (exact) mass is 403 g/mol. The van der Waals surface area contributed by atoms with Gasteiger partial charge in [-0.3, -0.25) is 4.79 Å². The fraction of sp³-hybridized carbons (Fsp3) is 0.125. The van der Waals surface area contributed by atoms with Gasteiger partial charge in [0.2, 0.25) is 0 Å². The Bertz CT molecular complexity index is 1070. The molecule has 3 aromatic carbocycles. The number of carbonyl (C=O) groups excluding carboxylic acids is 1. The maximum atomic E-state index is 12.8. The number of hydrogen-bond acceptors (Lipinski definition) is 3. The minimum atomic E-state index is -0.118. The average molecular weight is 404 g/mol. The van der Waals surface area contributed by atoms with Crippen molar-refractivity contribution in [2.45, 2.75) is 6.54 Å². The number of halogens is 1. The van der Waals surface area contributed by atoms with Crippen molar-refractivity contribution in [2.24, 2.45) is 0 Å². The summed E-state index contributed by atoms with van der Waals surface area (Å²) in [5.41, 5.74) is 6.13. The predicted molar refractivity (Wildman–Crippen MR) is 121 cm³/mol. The van der Waals surface area contributed by atoms with E-state index in [2.05, 4.69) is 27.7 Å². The van der Waals surface area contributed by atoms with Gasteiger partial charge in [-0.2, -0.15) is 0 Å². The highest BCUT2D eigenvalue weighted by molar-refractivity contribution is 6.37. The molecule has 1 heterocycles. The Morgan fingerprint density at radius 1 is 0.966 bits per heavy atom. The lowest BCUT2D eigenvalue weighted by Gasteiger charge is -2.16. The summed E-state index contributed by atoms with van der Waals surface area (Å²) in [6.45, 7) is 0.876. The maximum Gasteiger partial charge on any atom is 0.258 e. The molecule has 0 aromatic heterocycles. The lowest BCUT2D eigenvalue weighted by Crippen LogP contribution is -2.11. The van der Waals surface area contributed by atoms with Crippen molar-refractivity contribution in [1.82, 2.24) is 4.90 Å². The summed E-state index contributed by atoms with van der Waals surface area (Å²) in [4.78, 5) is 15.0. The molecule has 3 aromatic rings. The van der Waals surface area contributed by atoms with Crippen molar-refractivity contribution < 1.29 is 4.79 Å². The highest BCUT2D eigenvalue weighted by atomic mass is 35.5. The van der Waals surface area contributed by atoms with Crippen LogP contribution >= 0.6 is 11.6 Å². The van der Waals surface area contributed by atoms with Gasteiger partial charge in [-0.25, -0.2) is 0 Å². The molecule has 5 heteroatoms. The van der Waals surface area contributed by atoms with Crippen LogP contribution in [0.4, 0.5) is 11.4 Å². The summed E-state index contributed by atoms with van der Waals surface area (Å²) in [6, 6.07) is 23.5. The number of nitrogens with one attached hydrogen (secondary N) is 2. The van der Waals surface area contributed by atoms with Crippen LogP contribution in [0.2, 0.25) is 5.02 Å². The molecular weight excluding hydrogens is 382 g/mol. The molecule has 0 fully saturated rings. The van der Waals surface area contributed by atoms with E-state index in [0.717, 1.165) is 34.7 Å². The third kappa shape index (κ3) is 4.19. The maximum absolute atomic E-state index is 12.8. The van der Waals surface area contributed by atoms with Crippen LogP contribution < -0.4 is 10.6 Å². The Balaban J connectivity index is 1.78. The molecule has 4 nitrogen and oxygen atoms in total. The summed E-state index contributed by atoms with van der Waals surface area (Å²) in [5, 5.41) is 7.08. The van der Waals surface area contributed by atoms with Gasteiger partial charge in [0.05, 0.1) is 11.3 Å². The van der Waals surface area contributed by atoms with Crippen LogP contribution in [0.3, 0.4) is 0 Å². The van der Waals surface area contributed by atoms with Gasteiger partial charge in [0.1, 0.15) is 0 Å². The molecule has 0 unspecified atom stereocenters. The van der Waals surface area contributed by atoms with Crippen LogP contribution in [-0.4, -0.2) is 24.9 Å². The van der Waals surface area contributed by atoms with Gasteiger partial charge in [-0.05, 0) is 55.6 Å². The van der Waals surface area contributed by atoms with Crippen molar-refractivity contribution in [1.29, 1.82) is 0 Å². The topological polar surface area (TPSA) is 44.4 Å². The number of para-hydroxylation sites is 1. The van der Waals surface area contributed by atoms with Gasteiger partial charge in [-0.1, -0.05) is 54.1 Å². The van der Waals surface area contributed by atoms with Crippen LogP contribution in [0.1, 0.15) is 16.7 Å². The minimum absolute atomic E-state index is 0.118. The van der Waals surface area contributed by atoms with Crippen LogP contribution in [0, 0.1) is 0 Å². The van der Waals surface area contributed by atoms with Crippen LogP contribution in [-0.2, 0) is 11.3 Å². The molecule has 1 aliphatic heterocycles. The van der Waals surface area contributed by atoms with Gasteiger partial charge in [0.15, 0.2) is 0 Å². The molecule has 4 rings (SSSR count). The van der Waals surface area contributed by atoms with E-state index < -0.39 is 0 Å². The lowest BCUT2D eigenvalue weighted by molar-refractivity contribution is -0.110. The van der Waals surface area contributed by atoms with Crippen molar-refractivity contribution in [3.8, 4) is 0 Å². The molecule has 0 aliphatic carbocycles. The van der Waals surface area contributed by atoms with E-state index in [0.29, 0.717) is 10.6 Å². The van der Waals surface area contributed by atoms with E-state index in [9.17, 15) is 4.79 Å². The van der Waals surface area contributed by atoms with Crippen LogP contribution in [0.25, 0.3) is 11.3 Å². The highest BCUT2D eigenvalue weighted by Crippen LogP contribution is 2.37. The van der Waals surface area contributed by atoms with E-state index in [1.54, 1.807) is 0 Å². The van der Waals surface area contributed by atoms with Crippen LogP contribution in [0.15, 0.2) is 72.8 Å². The molecule has 0 spiro atoms. The zero-order chi connectivity index (χ0) is 20.4. The number of rotatable bonds is 5. The first-order valence-electron chi connectivity index (χ1n) is 9.43. The molecule has 0 saturated carbocycles. The second-order valence-corrected chi connectivity index (χ2v) is 7.75. The van der Waals surface area contributed by atoms with Gasteiger partial charge in [0, 0.05) is 28.5 Å². The van der Waals surface area contributed by atoms with Gasteiger partial charge in [-0.15, -0.1) is 0 Å². The van der Waals surface area contributed by atoms with E-state index in [1.165, 1.54) is 5.56 Å². The first-order chi connectivity index (χ1) is 14.0. The Hall–Kier alpha value is -3.08. The van der Waals surface area contributed by atoms with Crippen molar-refractivity contribution in [2.75, 3.05) is 24.7 Å². The molecule has 0 atom stereocenters. The molecule has 0 bridgehead atoms. The van der Waals surface area contributed by atoms with Crippen molar-refractivity contribution in [3.63, 3.8) is 0 Å². The highest BCUT2D eigenvalue weighted by Gasteiger charge is 2.28. The smallest absolute Gasteiger partial charge is 0.258 e. The standard InChI is InChI=1S/C24H22ClN3O/c1-28(2)15-16-7-13-19(14-8-16)26-23(17-9-11-18(25)12-10-17)22-20-5-3-4-6-21(20)27-24(22)29/h3-14,26H,15H2,1-2H3,(H,27,29)/b23-22-. The first-order valence-corrected chi connectivity index (χ1v) is 9.81. The molecule has 1 aliphatic rings. The third-order valence-corrected chi connectivity index (χ3v) is 5.03. The van der Waals surface area contributed by atoms with E-state index >= 15 is 0 Å². The number of anilines is 2. The normalized spacial score (nSPS) is 14.6. The summed E-state index contributed by atoms with van der Waals surface area (Å²) in [5.74, 6) is -0.118. The fourth-order valence-corrected chi connectivity index (χ4v) is 3.59. The minimum Gasteiger partial charge on any atom is -0.354 e. The second kappa shape index (κ2) is 8.11. The molecule has 29 heavy (non-hydrogen) atoms. The summed E-state index contributed by atoms with van der Waals surface area (Å²) in [6.07, 6.45) is 0. The summed E-state index contributed by atoms with van der Waals surface area (Å²) in [7, 11) is 4.09. The van der Waals surface area contributed by atoms with E-state index in [4.69, 9.17) is 11.6 Å². The SMILES string of the molecule is CN(C)Cc1ccc(N/C(=C2\C(=O)Nc3ccccc32)c2ccc(Cl)cc2)cc1. The van der Waals surface area contributed by atoms with Gasteiger partial charge in [0.25, 0.3) is 5.91 Å². The summed E-state index contributed by atoms with van der Waals surface area (Å²) >= 11 is 6.09. The lowest BCUT2D eigenvalue weighted by atomic mass is 10.00. The number of benzene rings is 3. The summed E-state index contributed by atoms with van der Waals surface area (Å²) < 4.78 is 0. The molecule has 1 amide bonds. The van der Waals surface area contributed by atoms with E-state index in [-0.39, 0.29) is 5.91 Å². The Morgan fingerprint density at radius 3 is 2.34 bits per heavy atom. The molecule has 146 valence electrons. The molecule has 2 N–H and O–H groups in total. The average Bonchev–Trinajstić information content (AvgIpc) is 3.03. The third-order valence-electron chi connectivity index (χ3n) is 4.78. The number of nitrogens with zero attached hydrogens (tertiary/aromatic N) is 1. The van der Waals surface area contributed by atoms with Gasteiger partial charge < -0.3 is 15.5 Å². The largest absolute Gasteiger partial charge is 0.354 e. The van der Waals surface area contributed by atoms with E-state index in [1.807, 2.05) is 74.8 Å². The Kier molecular flexibility index (Phi) is 5.38. The first kappa shape index (κ1) is 19.2. The van der Waals surface area contributed by atoms with Crippen molar-refractivity contribution >= 4 is 40.2 Å². The number of fused-ring (bicyclic) bond motifs is 1. The fourth-order valence-electron chi connectivity index (χ4n) is 3.46. The predicted octanol–water partition coefficient (Wildman–Crippen LogP) is 5.33. The number of amides is 1. The zero-order valence-corrected chi connectivity index (χ0v) is 17.1. The second-order valence-electron chi connectivity index (χ2n) is 7.32. The molecule has 0 radical (unpaired) electrons. The Morgan fingerprint density at radius 2 is 1.66 bits per heavy atom. The zero-order valence-electron chi connectivity index (χ0n) is 16.4. The molecule has 0 saturated heterocycles. The Labute approximate surface area is 175 Å². The quantitative estimate of drug-likeness (QED) is 0.565. The number of carbonyl (C=O) groups is 1.